The number of carbonyl (C=O) groups excluding carboxylic acids is 4. The van der Waals surface area contributed by atoms with Gasteiger partial charge in [-0.2, -0.15) is 0 Å². The van der Waals surface area contributed by atoms with Crippen molar-refractivity contribution in [1.82, 2.24) is 5.32 Å². The lowest BCUT2D eigenvalue weighted by Crippen LogP contribution is -2.54. The van der Waals surface area contributed by atoms with Crippen molar-refractivity contribution in [3.8, 4) is 5.75 Å². The topological polar surface area (TPSA) is 102 Å². The van der Waals surface area contributed by atoms with Gasteiger partial charge in [0.1, 0.15) is 17.9 Å². The summed E-state index contributed by atoms with van der Waals surface area (Å²) < 4.78 is 10.6. The highest BCUT2D eigenvalue weighted by Crippen LogP contribution is 2.28. The predicted molar refractivity (Wildman–Crippen MR) is 129 cm³/mol. The van der Waals surface area contributed by atoms with E-state index in [0.29, 0.717) is 16.3 Å². The average molecular weight is 491 g/mol. The Hall–Kier alpha value is -4.43. The van der Waals surface area contributed by atoms with Gasteiger partial charge >= 0.3 is 12.0 Å². The molecule has 1 heterocycles. The van der Waals surface area contributed by atoms with Crippen molar-refractivity contribution in [3.63, 3.8) is 0 Å². The zero-order valence-corrected chi connectivity index (χ0v) is 19.2. The number of urea groups is 1. The molecule has 0 bridgehead atoms. The number of ether oxygens (including phenoxy) is 2. The maximum absolute atomic E-state index is 13.2. The number of imide groups is 2. The smallest absolute Gasteiger partial charge is 0.337 e. The third kappa shape index (κ3) is 5.23. The summed E-state index contributed by atoms with van der Waals surface area (Å²) in [6.07, 6.45) is 1.33. The average Bonchev–Trinajstić information content (AvgIpc) is 2.86. The second kappa shape index (κ2) is 10.2. The second-order valence-corrected chi connectivity index (χ2v) is 7.89. The van der Waals surface area contributed by atoms with Gasteiger partial charge in [0.05, 0.1) is 18.4 Å². The first-order valence-corrected chi connectivity index (χ1v) is 10.8. The van der Waals surface area contributed by atoms with Gasteiger partial charge in [0.25, 0.3) is 11.8 Å². The predicted octanol–water partition coefficient (Wildman–Crippen LogP) is 4.37. The Bertz CT molecular complexity index is 1340. The molecule has 4 amide bonds. The van der Waals surface area contributed by atoms with Crippen molar-refractivity contribution in [3.05, 3.63) is 100 Å². The molecule has 1 aliphatic heterocycles. The van der Waals surface area contributed by atoms with Crippen LogP contribution in [0.2, 0.25) is 5.02 Å². The van der Waals surface area contributed by atoms with Gasteiger partial charge in [0.2, 0.25) is 0 Å². The first kappa shape index (κ1) is 23.7. The first-order valence-electron chi connectivity index (χ1n) is 10.4. The fraction of sp³-hybridized carbons (Fsp3) is 0.0769. The molecule has 176 valence electrons. The highest BCUT2D eigenvalue weighted by atomic mass is 35.5. The van der Waals surface area contributed by atoms with Crippen LogP contribution >= 0.6 is 11.6 Å². The highest BCUT2D eigenvalue weighted by molar-refractivity contribution is 6.39. The van der Waals surface area contributed by atoms with Gasteiger partial charge in [-0.3, -0.25) is 14.9 Å². The maximum Gasteiger partial charge on any atom is 0.337 e. The van der Waals surface area contributed by atoms with Gasteiger partial charge in [0.15, 0.2) is 0 Å². The number of nitrogens with zero attached hydrogens (tertiary/aromatic N) is 1. The van der Waals surface area contributed by atoms with E-state index in [1.54, 1.807) is 18.2 Å². The van der Waals surface area contributed by atoms with Crippen molar-refractivity contribution in [2.75, 3.05) is 12.0 Å². The molecule has 1 saturated heterocycles. The number of nitrogens with one attached hydrogen (secondary N) is 1. The Morgan fingerprint density at radius 3 is 2.40 bits per heavy atom. The monoisotopic (exact) mass is 490 g/mol. The van der Waals surface area contributed by atoms with Crippen LogP contribution in [0.5, 0.6) is 5.75 Å². The van der Waals surface area contributed by atoms with E-state index in [4.69, 9.17) is 16.3 Å². The largest absolute Gasteiger partial charge is 0.488 e. The molecule has 4 rings (SSSR count). The molecule has 9 heteroatoms. The molecule has 3 aromatic carbocycles. The van der Waals surface area contributed by atoms with Crippen LogP contribution in [0.25, 0.3) is 6.08 Å². The third-order valence-corrected chi connectivity index (χ3v) is 5.39. The summed E-state index contributed by atoms with van der Waals surface area (Å²) in [4.78, 5) is 50.7. The van der Waals surface area contributed by atoms with Crippen molar-refractivity contribution >= 4 is 47.2 Å². The molecule has 0 spiro atoms. The maximum atomic E-state index is 13.2. The summed E-state index contributed by atoms with van der Waals surface area (Å²) in [7, 11) is 1.24. The standard InChI is InChI=1S/C26H19ClN2O6/c1-34-25(32)17-7-10-20(11-8-17)29-24(31)21(23(30)28-26(29)33)14-18-13-19(27)9-12-22(18)35-15-16-5-3-2-4-6-16/h2-14H,15H2,1H3,(H,28,30,33)/b21-14+. The molecule has 1 N–H and O–H groups in total. The van der Waals surface area contributed by atoms with Crippen molar-refractivity contribution < 1.29 is 28.7 Å². The zero-order valence-electron chi connectivity index (χ0n) is 18.5. The quantitative estimate of drug-likeness (QED) is 0.313. The summed E-state index contributed by atoms with van der Waals surface area (Å²) >= 11 is 6.15. The van der Waals surface area contributed by atoms with Crippen LogP contribution in [0.3, 0.4) is 0 Å². The number of esters is 1. The molecule has 35 heavy (non-hydrogen) atoms. The number of hydrogen-bond donors (Lipinski definition) is 1. The van der Waals surface area contributed by atoms with Crippen LogP contribution in [0.4, 0.5) is 10.5 Å². The number of methoxy groups -OCH3 is 1. The lowest BCUT2D eigenvalue weighted by atomic mass is 10.1. The minimum absolute atomic E-state index is 0.171. The number of anilines is 1. The Balaban J connectivity index is 1.65. The number of hydrogen-bond acceptors (Lipinski definition) is 6. The molecule has 0 saturated carbocycles. The third-order valence-electron chi connectivity index (χ3n) is 5.16. The van der Waals surface area contributed by atoms with E-state index in [0.717, 1.165) is 10.5 Å². The van der Waals surface area contributed by atoms with Gasteiger partial charge < -0.3 is 9.47 Å². The van der Waals surface area contributed by atoms with E-state index in [2.05, 4.69) is 10.1 Å². The highest BCUT2D eigenvalue weighted by Gasteiger charge is 2.37. The molecule has 0 aliphatic carbocycles. The number of amides is 4. The van der Waals surface area contributed by atoms with Crippen LogP contribution in [0, 0.1) is 0 Å². The molecule has 3 aromatic rings. The number of rotatable bonds is 6. The zero-order chi connectivity index (χ0) is 24.9. The molecule has 0 atom stereocenters. The number of benzene rings is 3. The number of halogens is 1. The molecular formula is C26H19ClN2O6. The fourth-order valence-electron chi connectivity index (χ4n) is 3.41. The van der Waals surface area contributed by atoms with Gasteiger partial charge in [-0.1, -0.05) is 41.9 Å². The lowest BCUT2D eigenvalue weighted by molar-refractivity contribution is -0.122. The lowest BCUT2D eigenvalue weighted by Gasteiger charge is -2.26. The molecule has 1 fully saturated rings. The number of barbiturate groups is 1. The molecule has 0 aromatic heterocycles. The van der Waals surface area contributed by atoms with E-state index in [-0.39, 0.29) is 23.4 Å². The van der Waals surface area contributed by atoms with Crippen molar-refractivity contribution in [2.45, 2.75) is 6.61 Å². The Morgan fingerprint density at radius 1 is 1.00 bits per heavy atom. The van der Waals surface area contributed by atoms with E-state index in [9.17, 15) is 19.2 Å². The molecule has 0 unspecified atom stereocenters. The molecule has 0 radical (unpaired) electrons. The summed E-state index contributed by atoms with van der Waals surface area (Å²) in [5, 5.41) is 2.54. The van der Waals surface area contributed by atoms with Crippen LogP contribution in [0.1, 0.15) is 21.5 Å². The van der Waals surface area contributed by atoms with E-state index < -0.39 is 23.8 Å². The normalized spacial score (nSPS) is 14.6. The van der Waals surface area contributed by atoms with Gasteiger partial charge in [-0.15, -0.1) is 0 Å². The second-order valence-electron chi connectivity index (χ2n) is 7.45. The summed E-state index contributed by atoms with van der Waals surface area (Å²) in [6, 6.07) is 19.0. The van der Waals surface area contributed by atoms with Crippen LogP contribution in [-0.4, -0.2) is 30.9 Å². The summed E-state index contributed by atoms with van der Waals surface area (Å²) in [5.74, 6) is -1.85. The van der Waals surface area contributed by atoms with Crippen LogP contribution in [-0.2, 0) is 20.9 Å². The summed E-state index contributed by atoms with van der Waals surface area (Å²) in [5.41, 5.74) is 1.45. The van der Waals surface area contributed by atoms with E-state index in [1.165, 1.54) is 37.5 Å². The molecule has 1 aliphatic rings. The summed E-state index contributed by atoms with van der Waals surface area (Å²) in [6.45, 7) is 0.260. The van der Waals surface area contributed by atoms with Gasteiger partial charge in [0, 0.05) is 10.6 Å². The molecule has 8 nitrogen and oxygen atoms in total. The minimum atomic E-state index is -0.908. The Labute approximate surface area is 205 Å². The van der Waals surface area contributed by atoms with Crippen molar-refractivity contribution in [1.29, 1.82) is 0 Å². The van der Waals surface area contributed by atoms with E-state index in [1.807, 2.05) is 30.3 Å². The van der Waals surface area contributed by atoms with Crippen molar-refractivity contribution in [2.24, 2.45) is 0 Å². The van der Waals surface area contributed by atoms with Crippen LogP contribution in [0.15, 0.2) is 78.4 Å². The van der Waals surface area contributed by atoms with Gasteiger partial charge in [-0.25, -0.2) is 14.5 Å². The minimum Gasteiger partial charge on any atom is -0.488 e. The van der Waals surface area contributed by atoms with Gasteiger partial charge in [-0.05, 0) is 54.1 Å². The number of carbonyl (C=O) groups is 4. The van der Waals surface area contributed by atoms with Crippen LogP contribution < -0.4 is 15.0 Å². The molecular weight excluding hydrogens is 472 g/mol. The van der Waals surface area contributed by atoms with E-state index >= 15 is 0 Å². The fourth-order valence-corrected chi connectivity index (χ4v) is 3.59. The Morgan fingerprint density at radius 2 is 1.71 bits per heavy atom. The first-order chi connectivity index (χ1) is 16.9. The Kier molecular flexibility index (Phi) is 6.93. The SMILES string of the molecule is COC(=O)c1ccc(N2C(=O)NC(=O)/C(=C\c3cc(Cl)ccc3OCc3ccccc3)C2=O)cc1.